The third-order valence-electron chi connectivity index (χ3n) is 3.26. The van der Waals surface area contributed by atoms with Gasteiger partial charge in [-0.25, -0.2) is 4.79 Å². The number of urea groups is 1. The molecule has 112 valence electrons. The fraction of sp³-hybridized carbons (Fsp3) is 0.222. The molecule has 2 amide bonds. The topological polar surface area (TPSA) is 64.9 Å². The molecule has 0 aromatic heterocycles. The van der Waals surface area contributed by atoms with E-state index in [1.54, 1.807) is 24.3 Å². The summed E-state index contributed by atoms with van der Waals surface area (Å²) in [5.41, 5.74) is 3.11. The summed E-state index contributed by atoms with van der Waals surface area (Å²) < 4.78 is 0. The highest BCUT2D eigenvalue weighted by molar-refractivity contribution is 5.99. The van der Waals surface area contributed by atoms with Crippen molar-refractivity contribution in [2.45, 2.75) is 26.2 Å². The Labute approximate surface area is 130 Å². The smallest absolute Gasteiger partial charge is 0.308 e. The van der Waals surface area contributed by atoms with Gasteiger partial charge in [0, 0.05) is 11.4 Å². The van der Waals surface area contributed by atoms with Crippen LogP contribution in [-0.2, 0) is 5.41 Å². The molecule has 4 heteroatoms. The molecule has 2 aromatic rings. The number of carbonyl (C=O) groups is 1. The van der Waals surface area contributed by atoms with Gasteiger partial charge < -0.3 is 10.6 Å². The number of hydrogen-bond acceptors (Lipinski definition) is 2. The van der Waals surface area contributed by atoms with Crippen molar-refractivity contribution in [2.75, 3.05) is 10.6 Å². The molecule has 0 saturated heterocycles. The van der Waals surface area contributed by atoms with Gasteiger partial charge in [-0.05, 0) is 41.3 Å². The molecule has 0 spiro atoms. The van der Waals surface area contributed by atoms with Gasteiger partial charge >= 0.3 is 6.03 Å². The van der Waals surface area contributed by atoms with E-state index in [4.69, 9.17) is 5.26 Å². The molecule has 0 radical (unpaired) electrons. The van der Waals surface area contributed by atoms with Crippen LogP contribution < -0.4 is 10.6 Å². The van der Waals surface area contributed by atoms with Crippen LogP contribution in [0, 0.1) is 11.3 Å². The fourth-order valence-electron chi connectivity index (χ4n) is 2.01. The molecular weight excluding hydrogens is 274 g/mol. The van der Waals surface area contributed by atoms with E-state index in [9.17, 15) is 4.79 Å². The molecule has 0 aliphatic carbocycles. The van der Waals surface area contributed by atoms with Crippen LogP contribution in [0.2, 0.25) is 0 Å². The molecule has 0 unspecified atom stereocenters. The molecule has 0 bridgehead atoms. The van der Waals surface area contributed by atoms with Crippen LogP contribution in [0.4, 0.5) is 16.2 Å². The minimum absolute atomic E-state index is 0.0819. The summed E-state index contributed by atoms with van der Waals surface area (Å²) in [4.78, 5) is 12.0. The maximum atomic E-state index is 12.0. The predicted molar refractivity (Wildman–Crippen MR) is 88.9 cm³/mol. The van der Waals surface area contributed by atoms with Gasteiger partial charge in [0.25, 0.3) is 0 Å². The van der Waals surface area contributed by atoms with Gasteiger partial charge in [-0.1, -0.05) is 39.0 Å². The van der Waals surface area contributed by atoms with Crippen molar-refractivity contribution < 1.29 is 4.79 Å². The van der Waals surface area contributed by atoms with E-state index in [0.717, 1.165) is 5.69 Å². The van der Waals surface area contributed by atoms with Gasteiger partial charge in [-0.15, -0.1) is 0 Å². The summed E-state index contributed by atoms with van der Waals surface area (Å²) in [6.07, 6.45) is 0. The second-order valence-electron chi connectivity index (χ2n) is 6.10. The number of nitriles is 1. The maximum Gasteiger partial charge on any atom is 0.323 e. The number of benzene rings is 2. The molecule has 2 N–H and O–H groups in total. The Morgan fingerprint density at radius 1 is 1.00 bits per heavy atom. The van der Waals surface area contributed by atoms with Crippen molar-refractivity contribution in [1.82, 2.24) is 0 Å². The molecule has 2 aromatic carbocycles. The zero-order valence-corrected chi connectivity index (χ0v) is 13.0. The van der Waals surface area contributed by atoms with Gasteiger partial charge in [0.15, 0.2) is 0 Å². The lowest BCUT2D eigenvalue weighted by molar-refractivity contribution is 0.262. The van der Waals surface area contributed by atoms with Crippen molar-refractivity contribution in [3.63, 3.8) is 0 Å². The first kappa shape index (κ1) is 15.6. The highest BCUT2D eigenvalue weighted by atomic mass is 16.2. The summed E-state index contributed by atoms with van der Waals surface area (Å²) in [6, 6.07) is 16.3. The number of nitrogens with one attached hydrogen (secondary N) is 2. The normalized spacial score (nSPS) is 10.6. The monoisotopic (exact) mass is 293 g/mol. The van der Waals surface area contributed by atoms with Gasteiger partial charge in [-0.2, -0.15) is 5.26 Å². The Balaban J connectivity index is 2.01. The quantitative estimate of drug-likeness (QED) is 0.856. The molecule has 0 aliphatic heterocycles. The number of hydrogen-bond donors (Lipinski definition) is 2. The highest BCUT2D eigenvalue weighted by Crippen LogP contribution is 2.23. The molecular formula is C18H19N3O. The summed E-state index contributed by atoms with van der Waals surface area (Å²) in [6.45, 7) is 6.43. The van der Waals surface area contributed by atoms with Crippen LogP contribution in [0.15, 0.2) is 48.5 Å². The molecule has 0 heterocycles. The number of amides is 2. The van der Waals surface area contributed by atoms with E-state index < -0.39 is 0 Å². The van der Waals surface area contributed by atoms with Crippen LogP contribution in [-0.4, -0.2) is 6.03 Å². The van der Waals surface area contributed by atoms with Crippen LogP contribution in [0.1, 0.15) is 31.9 Å². The van der Waals surface area contributed by atoms with Crippen LogP contribution in [0.5, 0.6) is 0 Å². The van der Waals surface area contributed by atoms with Crippen LogP contribution in [0.3, 0.4) is 0 Å². The lowest BCUT2D eigenvalue weighted by atomic mass is 9.87. The number of nitrogens with zero attached hydrogens (tertiary/aromatic N) is 1. The first-order valence-electron chi connectivity index (χ1n) is 7.07. The van der Waals surface area contributed by atoms with Gasteiger partial charge in [-0.3, -0.25) is 0 Å². The maximum absolute atomic E-state index is 12.0. The summed E-state index contributed by atoms with van der Waals surface area (Å²) in [7, 11) is 0. The van der Waals surface area contributed by atoms with E-state index in [-0.39, 0.29) is 11.4 Å². The van der Waals surface area contributed by atoms with E-state index in [1.807, 2.05) is 30.3 Å². The van der Waals surface area contributed by atoms with E-state index in [2.05, 4.69) is 31.4 Å². The largest absolute Gasteiger partial charge is 0.323 e. The first-order valence-corrected chi connectivity index (χ1v) is 7.07. The third kappa shape index (κ3) is 4.10. The molecule has 22 heavy (non-hydrogen) atoms. The first-order chi connectivity index (χ1) is 10.4. The SMILES string of the molecule is CC(C)(C)c1ccc(NC(=O)Nc2cccc(C#N)c2)cc1. The number of anilines is 2. The summed E-state index contributed by atoms with van der Waals surface area (Å²) in [5.74, 6) is 0. The summed E-state index contributed by atoms with van der Waals surface area (Å²) >= 11 is 0. The van der Waals surface area contributed by atoms with Gasteiger partial charge in [0.1, 0.15) is 0 Å². The van der Waals surface area contributed by atoms with E-state index in [0.29, 0.717) is 11.3 Å². The zero-order chi connectivity index (χ0) is 16.2. The lowest BCUT2D eigenvalue weighted by Crippen LogP contribution is -2.19. The Hall–Kier alpha value is -2.80. The molecule has 0 aliphatic rings. The van der Waals surface area contributed by atoms with Gasteiger partial charge in [0.2, 0.25) is 0 Å². The van der Waals surface area contributed by atoms with Crippen LogP contribution in [0.25, 0.3) is 0 Å². The standard InChI is InChI=1S/C18H19N3O/c1-18(2,3)14-7-9-15(10-8-14)20-17(22)21-16-6-4-5-13(11-16)12-19/h4-11H,1-3H3,(H2,20,21,22). The zero-order valence-electron chi connectivity index (χ0n) is 13.0. The van der Waals surface area contributed by atoms with Crippen molar-refractivity contribution in [3.05, 3.63) is 59.7 Å². The second-order valence-corrected chi connectivity index (χ2v) is 6.10. The van der Waals surface area contributed by atoms with E-state index >= 15 is 0 Å². The Morgan fingerprint density at radius 2 is 1.64 bits per heavy atom. The van der Waals surface area contributed by atoms with E-state index in [1.165, 1.54) is 5.56 Å². The Kier molecular flexibility index (Phi) is 4.47. The number of rotatable bonds is 2. The summed E-state index contributed by atoms with van der Waals surface area (Å²) in [5, 5.41) is 14.3. The number of carbonyl (C=O) groups excluding carboxylic acids is 1. The third-order valence-corrected chi connectivity index (χ3v) is 3.26. The van der Waals surface area contributed by atoms with Crippen molar-refractivity contribution >= 4 is 17.4 Å². The van der Waals surface area contributed by atoms with Crippen molar-refractivity contribution in [3.8, 4) is 6.07 Å². The molecule has 0 saturated carbocycles. The second kappa shape index (κ2) is 6.31. The Bertz CT molecular complexity index is 706. The minimum atomic E-state index is -0.335. The average molecular weight is 293 g/mol. The molecule has 2 rings (SSSR count). The lowest BCUT2D eigenvalue weighted by Gasteiger charge is -2.19. The van der Waals surface area contributed by atoms with Crippen LogP contribution >= 0.6 is 0 Å². The van der Waals surface area contributed by atoms with Gasteiger partial charge in [0.05, 0.1) is 11.6 Å². The van der Waals surface area contributed by atoms with Crippen molar-refractivity contribution in [1.29, 1.82) is 5.26 Å². The molecule has 4 nitrogen and oxygen atoms in total. The fourth-order valence-corrected chi connectivity index (χ4v) is 2.01. The molecule has 0 fully saturated rings. The van der Waals surface area contributed by atoms with Crippen molar-refractivity contribution in [2.24, 2.45) is 0 Å². The minimum Gasteiger partial charge on any atom is -0.308 e. The molecule has 0 atom stereocenters. The average Bonchev–Trinajstić information content (AvgIpc) is 2.47. The predicted octanol–water partition coefficient (Wildman–Crippen LogP) is 4.50. The highest BCUT2D eigenvalue weighted by Gasteiger charge is 2.13. The Morgan fingerprint density at radius 3 is 2.23 bits per heavy atom.